The zero-order valence-corrected chi connectivity index (χ0v) is 6.23. The highest BCUT2D eigenvalue weighted by Gasteiger charge is 2.12. The Morgan fingerprint density at radius 1 is 1.44 bits per heavy atom. The molecular formula is C6H11NOS. The molecule has 0 spiro atoms. The van der Waals surface area contributed by atoms with Crippen molar-refractivity contribution in [2.24, 2.45) is 0 Å². The van der Waals surface area contributed by atoms with Crippen LogP contribution in [0.1, 0.15) is 12.8 Å². The molecule has 2 nitrogen and oxygen atoms in total. The van der Waals surface area contributed by atoms with Crippen LogP contribution in [0.25, 0.3) is 0 Å². The largest absolute Gasteiger partial charge is 0.295 e. The van der Waals surface area contributed by atoms with E-state index in [-0.39, 0.29) is 5.12 Å². The Balaban J connectivity index is 2.19. The van der Waals surface area contributed by atoms with Gasteiger partial charge in [-0.3, -0.25) is 9.69 Å². The minimum atomic E-state index is -0.0168. The van der Waals surface area contributed by atoms with Crippen molar-refractivity contribution >= 4 is 17.7 Å². The number of carbonyl (C=O) groups excluding carboxylic acids is 1. The van der Waals surface area contributed by atoms with Gasteiger partial charge in [-0.05, 0) is 25.9 Å². The lowest BCUT2D eigenvalue weighted by atomic mass is 10.4. The van der Waals surface area contributed by atoms with Gasteiger partial charge in [0.15, 0.2) is 5.12 Å². The molecule has 1 rings (SSSR count). The number of carbonyl (C=O) groups is 1. The molecule has 0 radical (unpaired) electrons. The molecule has 1 fully saturated rings. The Morgan fingerprint density at radius 3 is 2.44 bits per heavy atom. The van der Waals surface area contributed by atoms with Crippen LogP contribution in [0, 0.1) is 0 Å². The smallest absolute Gasteiger partial charge is 0.199 e. The van der Waals surface area contributed by atoms with E-state index in [4.69, 9.17) is 0 Å². The van der Waals surface area contributed by atoms with Crippen LogP contribution < -0.4 is 0 Å². The van der Waals surface area contributed by atoms with Gasteiger partial charge < -0.3 is 0 Å². The van der Waals surface area contributed by atoms with Crippen LogP contribution in [0.4, 0.5) is 0 Å². The van der Waals surface area contributed by atoms with Crippen molar-refractivity contribution < 1.29 is 4.79 Å². The van der Waals surface area contributed by atoms with Crippen LogP contribution in [0.15, 0.2) is 0 Å². The van der Waals surface area contributed by atoms with Gasteiger partial charge in [0.1, 0.15) is 0 Å². The SMILES string of the molecule is O=C(S)CN1CCCC1. The molecular weight excluding hydrogens is 134 g/mol. The quantitative estimate of drug-likeness (QED) is 0.572. The van der Waals surface area contributed by atoms with Gasteiger partial charge in [0, 0.05) is 0 Å². The number of likely N-dealkylation sites (tertiary alicyclic amines) is 1. The Hall–Kier alpha value is -0.0200. The molecule has 0 aromatic heterocycles. The Bertz CT molecular complexity index is 110. The topological polar surface area (TPSA) is 20.3 Å². The Morgan fingerprint density at radius 2 is 2.00 bits per heavy atom. The first kappa shape index (κ1) is 7.09. The first-order chi connectivity index (χ1) is 4.29. The Labute approximate surface area is 60.6 Å². The second kappa shape index (κ2) is 3.22. The van der Waals surface area contributed by atoms with E-state index in [0.29, 0.717) is 6.54 Å². The molecule has 0 amide bonds. The van der Waals surface area contributed by atoms with Gasteiger partial charge in [-0.1, -0.05) is 0 Å². The van der Waals surface area contributed by atoms with Crippen molar-refractivity contribution in [2.75, 3.05) is 19.6 Å². The summed E-state index contributed by atoms with van der Waals surface area (Å²) in [6, 6.07) is 0. The molecule has 0 atom stereocenters. The van der Waals surface area contributed by atoms with E-state index >= 15 is 0 Å². The average Bonchev–Trinajstić information content (AvgIpc) is 2.15. The van der Waals surface area contributed by atoms with Crippen LogP contribution in [0.2, 0.25) is 0 Å². The van der Waals surface area contributed by atoms with E-state index in [1.165, 1.54) is 12.8 Å². The third kappa shape index (κ3) is 2.37. The summed E-state index contributed by atoms with van der Waals surface area (Å²) in [6.45, 7) is 2.68. The number of nitrogens with zero attached hydrogens (tertiary/aromatic N) is 1. The van der Waals surface area contributed by atoms with Gasteiger partial charge in [-0.15, -0.1) is 12.6 Å². The predicted molar refractivity (Wildman–Crippen MR) is 39.7 cm³/mol. The Kier molecular flexibility index (Phi) is 2.54. The fourth-order valence-corrected chi connectivity index (χ4v) is 1.33. The molecule has 0 aliphatic carbocycles. The summed E-state index contributed by atoms with van der Waals surface area (Å²) in [5.41, 5.74) is 0. The predicted octanol–water partition coefficient (Wildman–Crippen LogP) is 0.539. The van der Waals surface area contributed by atoms with Crippen molar-refractivity contribution in [3.05, 3.63) is 0 Å². The maximum absolute atomic E-state index is 10.4. The molecule has 0 unspecified atom stereocenters. The number of thiol groups is 1. The van der Waals surface area contributed by atoms with E-state index in [1.54, 1.807) is 0 Å². The second-order valence-electron chi connectivity index (χ2n) is 2.38. The third-order valence-electron chi connectivity index (χ3n) is 1.56. The fourth-order valence-electron chi connectivity index (χ4n) is 1.13. The molecule has 0 N–H and O–H groups in total. The van der Waals surface area contributed by atoms with Crippen molar-refractivity contribution in [3.63, 3.8) is 0 Å². The van der Waals surface area contributed by atoms with Crippen molar-refractivity contribution in [3.8, 4) is 0 Å². The van der Waals surface area contributed by atoms with Gasteiger partial charge >= 0.3 is 0 Å². The molecule has 9 heavy (non-hydrogen) atoms. The lowest BCUT2D eigenvalue weighted by Crippen LogP contribution is -2.24. The summed E-state index contributed by atoms with van der Waals surface area (Å²) in [6.07, 6.45) is 2.47. The minimum Gasteiger partial charge on any atom is -0.295 e. The molecule has 1 saturated heterocycles. The molecule has 1 aliphatic heterocycles. The maximum atomic E-state index is 10.4. The van der Waals surface area contributed by atoms with Crippen molar-refractivity contribution in [1.82, 2.24) is 4.90 Å². The van der Waals surface area contributed by atoms with Crippen LogP contribution >= 0.6 is 12.6 Å². The molecule has 0 aromatic rings. The summed E-state index contributed by atoms with van der Waals surface area (Å²) in [5, 5.41) is -0.0168. The molecule has 3 heteroatoms. The first-order valence-electron chi connectivity index (χ1n) is 3.23. The maximum Gasteiger partial charge on any atom is 0.199 e. The van der Waals surface area contributed by atoms with Crippen LogP contribution in [-0.4, -0.2) is 29.6 Å². The molecule has 1 aliphatic rings. The highest BCUT2D eigenvalue weighted by atomic mass is 32.1. The fraction of sp³-hybridized carbons (Fsp3) is 0.833. The molecule has 0 aromatic carbocycles. The normalized spacial score (nSPS) is 20.6. The third-order valence-corrected chi connectivity index (χ3v) is 1.70. The molecule has 0 bridgehead atoms. The summed E-state index contributed by atoms with van der Waals surface area (Å²) >= 11 is 3.69. The van der Waals surface area contributed by atoms with Gasteiger partial charge in [0.25, 0.3) is 0 Å². The van der Waals surface area contributed by atoms with E-state index in [9.17, 15) is 4.79 Å². The van der Waals surface area contributed by atoms with Gasteiger partial charge in [-0.2, -0.15) is 0 Å². The van der Waals surface area contributed by atoms with E-state index in [1.807, 2.05) is 0 Å². The molecule has 0 saturated carbocycles. The van der Waals surface area contributed by atoms with Gasteiger partial charge in [-0.25, -0.2) is 0 Å². The number of hydrogen-bond acceptors (Lipinski definition) is 2. The molecule has 52 valence electrons. The average molecular weight is 145 g/mol. The number of hydrogen-bond donors (Lipinski definition) is 1. The van der Waals surface area contributed by atoms with Crippen LogP contribution in [0.5, 0.6) is 0 Å². The minimum absolute atomic E-state index is 0.0168. The van der Waals surface area contributed by atoms with Crippen molar-refractivity contribution in [2.45, 2.75) is 12.8 Å². The van der Waals surface area contributed by atoms with E-state index in [0.717, 1.165) is 13.1 Å². The van der Waals surface area contributed by atoms with Crippen molar-refractivity contribution in [1.29, 1.82) is 0 Å². The molecule has 1 heterocycles. The monoisotopic (exact) mass is 145 g/mol. The highest BCUT2D eigenvalue weighted by molar-refractivity contribution is 7.96. The highest BCUT2D eigenvalue weighted by Crippen LogP contribution is 2.06. The standard InChI is InChI=1S/C6H11NOS/c8-6(9)5-7-3-1-2-4-7/h1-5H2,(H,8,9). The summed E-state index contributed by atoms with van der Waals surface area (Å²) in [5.74, 6) is 0. The summed E-state index contributed by atoms with van der Waals surface area (Å²) < 4.78 is 0. The van der Waals surface area contributed by atoms with Gasteiger partial charge in [0.05, 0.1) is 6.54 Å². The number of rotatable bonds is 2. The second-order valence-corrected chi connectivity index (χ2v) is 2.88. The summed E-state index contributed by atoms with van der Waals surface area (Å²) in [7, 11) is 0. The summed E-state index contributed by atoms with van der Waals surface area (Å²) in [4.78, 5) is 12.6. The lowest BCUT2D eigenvalue weighted by Gasteiger charge is -2.09. The zero-order chi connectivity index (χ0) is 6.69. The van der Waals surface area contributed by atoms with E-state index < -0.39 is 0 Å². The van der Waals surface area contributed by atoms with Gasteiger partial charge in [0.2, 0.25) is 0 Å². The van der Waals surface area contributed by atoms with Crippen LogP contribution in [-0.2, 0) is 4.79 Å². The van der Waals surface area contributed by atoms with Crippen LogP contribution in [0.3, 0.4) is 0 Å². The zero-order valence-electron chi connectivity index (χ0n) is 5.34. The lowest BCUT2D eigenvalue weighted by molar-refractivity contribution is -0.111. The van der Waals surface area contributed by atoms with E-state index in [2.05, 4.69) is 17.5 Å². The first-order valence-corrected chi connectivity index (χ1v) is 3.68.